The van der Waals surface area contributed by atoms with E-state index in [1.165, 1.54) is 11.8 Å². The molecule has 0 bridgehead atoms. The summed E-state index contributed by atoms with van der Waals surface area (Å²) in [6.07, 6.45) is 5.29. The number of aromatic hydroxyl groups is 1. The van der Waals surface area contributed by atoms with Crippen molar-refractivity contribution in [2.45, 2.75) is 0 Å². The lowest BCUT2D eigenvalue weighted by Gasteiger charge is -2.03. The van der Waals surface area contributed by atoms with E-state index in [9.17, 15) is 9.90 Å². The summed E-state index contributed by atoms with van der Waals surface area (Å²) in [6.45, 7) is 3.90. The Morgan fingerprint density at radius 1 is 1.20 bits per heavy atom. The van der Waals surface area contributed by atoms with Gasteiger partial charge in [-0.25, -0.2) is 4.68 Å². The third-order valence-corrected chi connectivity index (χ3v) is 3.78. The number of ether oxygens (including phenoxy) is 1. The van der Waals surface area contributed by atoms with Crippen LogP contribution in [0, 0.1) is 0 Å². The number of benzene rings is 2. The summed E-state index contributed by atoms with van der Waals surface area (Å²) in [7, 11) is 1.50. The van der Waals surface area contributed by atoms with Gasteiger partial charge in [-0.1, -0.05) is 43.0 Å². The predicted octanol–water partition coefficient (Wildman–Crippen LogP) is 1.78. The summed E-state index contributed by atoms with van der Waals surface area (Å²) in [6, 6.07) is 14.4. The number of allylic oxidation sites excluding steroid dienone is 1. The van der Waals surface area contributed by atoms with Crippen molar-refractivity contribution in [1.82, 2.24) is 9.78 Å². The Balaban J connectivity index is 1.96. The van der Waals surface area contributed by atoms with Crippen LogP contribution in [0.4, 0.5) is 0 Å². The Morgan fingerprint density at radius 2 is 1.96 bits per heavy atom. The molecule has 0 fully saturated rings. The molecule has 5 nitrogen and oxygen atoms in total. The van der Waals surface area contributed by atoms with Gasteiger partial charge >= 0.3 is 0 Å². The SMILES string of the molecule is C=c1[nH]n(-c2ccccc2)c(=O)c1=CC=Cc1ccc(O)c(OC)c1. The van der Waals surface area contributed by atoms with Crippen molar-refractivity contribution < 1.29 is 9.84 Å². The number of methoxy groups -OCH3 is 1. The van der Waals surface area contributed by atoms with Crippen LogP contribution >= 0.6 is 0 Å². The lowest BCUT2D eigenvalue weighted by atomic mass is 10.2. The number of nitrogens with one attached hydrogen (secondary N) is 1. The fraction of sp³-hybridized carbons (Fsp3) is 0.0500. The molecule has 0 saturated heterocycles. The Kier molecular flexibility index (Phi) is 4.57. The molecule has 0 aliphatic heterocycles. The molecule has 1 heterocycles. The average Bonchev–Trinajstić information content (AvgIpc) is 2.92. The number of para-hydroxylation sites is 1. The molecule has 0 spiro atoms. The molecule has 3 rings (SSSR count). The molecule has 2 N–H and O–H groups in total. The highest BCUT2D eigenvalue weighted by atomic mass is 16.5. The highest BCUT2D eigenvalue weighted by Gasteiger charge is 2.03. The Labute approximate surface area is 144 Å². The molecule has 2 aromatic carbocycles. The topological polar surface area (TPSA) is 67.2 Å². The molecule has 25 heavy (non-hydrogen) atoms. The van der Waals surface area contributed by atoms with Gasteiger partial charge in [0.25, 0.3) is 5.56 Å². The molecule has 0 aliphatic carbocycles. The summed E-state index contributed by atoms with van der Waals surface area (Å²) in [5, 5.41) is 13.6. The van der Waals surface area contributed by atoms with E-state index in [0.29, 0.717) is 16.3 Å². The molecule has 1 aromatic heterocycles. The van der Waals surface area contributed by atoms with Crippen LogP contribution in [0.25, 0.3) is 24.4 Å². The van der Waals surface area contributed by atoms with Crippen molar-refractivity contribution in [3.63, 3.8) is 0 Å². The van der Waals surface area contributed by atoms with Crippen molar-refractivity contribution in [2.75, 3.05) is 7.11 Å². The zero-order valence-corrected chi connectivity index (χ0v) is 13.8. The minimum absolute atomic E-state index is 0.0834. The average molecular weight is 334 g/mol. The first-order valence-electron chi connectivity index (χ1n) is 7.71. The second-order valence-corrected chi connectivity index (χ2v) is 5.44. The van der Waals surface area contributed by atoms with Crippen LogP contribution in [0.5, 0.6) is 11.5 Å². The van der Waals surface area contributed by atoms with Gasteiger partial charge in [-0.05, 0) is 35.9 Å². The first-order chi connectivity index (χ1) is 12.1. The number of phenols is 1. The summed E-state index contributed by atoms with van der Waals surface area (Å²) in [5.41, 5.74) is 1.43. The minimum Gasteiger partial charge on any atom is -0.504 e. The van der Waals surface area contributed by atoms with Crippen LogP contribution < -0.4 is 20.9 Å². The summed E-state index contributed by atoms with van der Waals surface area (Å²) in [5.74, 6) is 0.480. The monoisotopic (exact) mass is 334 g/mol. The standard InChI is InChI=1S/C20H18N2O3/c1-14-17(20(24)22(21-14)16-8-4-3-5-9-16)10-6-7-15-11-12-18(23)19(13-15)25-2/h3-13,21,23H,1H2,2H3. The maximum absolute atomic E-state index is 12.6. The van der Waals surface area contributed by atoms with E-state index in [0.717, 1.165) is 11.3 Å². The van der Waals surface area contributed by atoms with Gasteiger partial charge in [-0.2, -0.15) is 0 Å². The molecule has 0 radical (unpaired) electrons. The van der Waals surface area contributed by atoms with Crippen molar-refractivity contribution in [2.24, 2.45) is 0 Å². The van der Waals surface area contributed by atoms with Crippen LogP contribution in [-0.2, 0) is 0 Å². The van der Waals surface area contributed by atoms with Crippen LogP contribution in [0.1, 0.15) is 5.56 Å². The van der Waals surface area contributed by atoms with E-state index in [1.807, 2.05) is 36.4 Å². The van der Waals surface area contributed by atoms with E-state index in [4.69, 9.17) is 4.74 Å². The molecule has 3 aromatic rings. The molecule has 126 valence electrons. The molecular formula is C20H18N2O3. The Morgan fingerprint density at radius 3 is 2.68 bits per heavy atom. The van der Waals surface area contributed by atoms with E-state index in [-0.39, 0.29) is 11.3 Å². The van der Waals surface area contributed by atoms with Gasteiger partial charge in [-0.15, -0.1) is 0 Å². The number of aromatic nitrogens is 2. The van der Waals surface area contributed by atoms with Gasteiger partial charge < -0.3 is 9.84 Å². The lowest BCUT2D eigenvalue weighted by Crippen LogP contribution is -2.33. The predicted molar refractivity (Wildman–Crippen MR) is 99.3 cm³/mol. The second-order valence-electron chi connectivity index (χ2n) is 5.44. The molecule has 0 atom stereocenters. The number of rotatable bonds is 4. The van der Waals surface area contributed by atoms with Crippen LogP contribution in [-0.4, -0.2) is 22.0 Å². The van der Waals surface area contributed by atoms with Gasteiger partial charge in [0.15, 0.2) is 11.5 Å². The second kappa shape index (κ2) is 6.97. The first kappa shape index (κ1) is 16.4. The van der Waals surface area contributed by atoms with Gasteiger partial charge in [0.2, 0.25) is 0 Å². The summed E-state index contributed by atoms with van der Waals surface area (Å²) >= 11 is 0. The summed E-state index contributed by atoms with van der Waals surface area (Å²) < 4.78 is 6.54. The van der Waals surface area contributed by atoms with E-state index in [2.05, 4.69) is 11.7 Å². The highest BCUT2D eigenvalue weighted by molar-refractivity contribution is 5.60. The van der Waals surface area contributed by atoms with Crippen LogP contribution in [0.2, 0.25) is 0 Å². The summed E-state index contributed by atoms with van der Waals surface area (Å²) in [4.78, 5) is 12.6. The fourth-order valence-corrected chi connectivity index (χ4v) is 2.48. The van der Waals surface area contributed by atoms with Crippen molar-refractivity contribution in [1.29, 1.82) is 0 Å². The smallest absolute Gasteiger partial charge is 0.279 e. The normalized spacial score (nSPS) is 12.0. The van der Waals surface area contributed by atoms with Gasteiger partial charge in [0, 0.05) is 0 Å². The molecule has 0 aliphatic rings. The fourth-order valence-electron chi connectivity index (χ4n) is 2.48. The number of hydrogen-bond donors (Lipinski definition) is 2. The van der Waals surface area contributed by atoms with Crippen LogP contribution in [0.15, 0.2) is 59.4 Å². The maximum atomic E-state index is 12.6. The van der Waals surface area contributed by atoms with E-state index < -0.39 is 0 Å². The maximum Gasteiger partial charge on any atom is 0.279 e. The first-order valence-corrected chi connectivity index (χ1v) is 7.71. The van der Waals surface area contributed by atoms with Crippen molar-refractivity contribution in [3.8, 4) is 17.2 Å². The van der Waals surface area contributed by atoms with E-state index >= 15 is 0 Å². The highest BCUT2D eigenvalue weighted by Crippen LogP contribution is 2.26. The number of hydrogen-bond acceptors (Lipinski definition) is 3. The number of nitrogens with zero attached hydrogens (tertiary/aromatic N) is 1. The lowest BCUT2D eigenvalue weighted by molar-refractivity contribution is 0.373. The Bertz CT molecular complexity index is 1080. The zero-order chi connectivity index (χ0) is 17.8. The molecule has 0 saturated carbocycles. The molecule has 0 amide bonds. The number of phenolic OH excluding ortho intramolecular Hbond substituents is 1. The number of aromatic amines is 1. The molecule has 5 heteroatoms. The third-order valence-electron chi connectivity index (χ3n) is 3.78. The van der Waals surface area contributed by atoms with Crippen LogP contribution in [0.3, 0.4) is 0 Å². The largest absolute Gasteiger partial charge is 0.504 e. The quantitative estimate of drug-likeness (QED) is 0.764. The third kappa shape index (κ3) is 3.40. The van der Waals surface area contributed by atoms with Crippen molar-refractivity contribution in [3.05, 3.63) is 81.1 Å². The molecular weight excluding hydrogens is 316 g/mol. The zero-order valence-electron chi connectivity index (χ0n) is 13.8. The minimum atomic E-state index is -0.163. The Hall–Kier alpha value is -3.47. The van der Waals surface area contributed by atoms with Gasteiger partial charge in [-0.3, -0.25) is 9.89 Å². The van der Waals surface area contributed by atoms with Crippen molar-refractivity contribution >= 4 is 18.7 Å². The number of H-pyrrole nitrogens is 1. The van der Waals surface area contributed by atoms with E-state index in [1.54, 1.807) is 30.4 Å². The van der Waals surface area contributed by atoms with Gasteiger partial charge in [0.1, 0.15) is 0 Å². The molecule has 0 unspecified atom stereocenters. The van der Waals surface area contributed by atoms with Gasteiger partial charge in [0.05, 0.1) is 23.4 Å².